The maximum Gasteiger partial charge on any atom is 0.337 e. The first-order chi connectivity index (χ1) is 12.6. The molecule has 0 bridgehead atoms. The van der Waals surface area contributed by atoms with E-state index in [4.69, 9.17) is 9.47 Å². The van der Waals surface area contributed by atoms with Crippen LogP contribution in [0.2, 0.25) is 0 Å². The molecule has 1 aliphatic rings. The monoisotopic (exact) mass is 356 g/mol. The molecule has 0 radical (unpaired) electrons. The summed E-state index contributed by atoms with van der Waals surface area (Å²) in [5.74, 6) is -0.597. The number of hydrogen-bond acceptors (Lipinski definition) is 4. The maximum absolute atomic E-state index is 13.8. The summed E-state index contributed by atoms with van der Waals surface area (Å²) in [7, 11) is 0. The molecular weight excluding hydrogens is 339 g/mol. The largest absolute Gasteiger partial charge is 0.493 e. The molecule has 3 aromatic rings. The number of pyridine rings is 1. The van der Waals surface area contributed by atoms with Crippen molar-refractivity contribution in [3.63, 3.8) is 0 Å². The number of nitrogens with zero attached hydrogens (tertiary/aromatic N) is 1. The summed E-state index contributed by atoms with van der Waals surface area (Å²) in [4.78, 5) is 18.4. The van der Waals surface area contributed by atoms with E-state index in [1.54, 1.807) is 18.3 Å². The molecular formula is C19H17FN2O4. The van der Waals surface area contributed by atoms with Gasteiger partial charge in [0, 0.05) is 41.4 Å². The van der Waals surface area contributed by atoms with Gasteiger partial charge in [0.2, 0.25) is 0 Å². The number of nitrogens with one attached hydrogen (secondary N) is 1. The van der Waals surface area contributed by atoms with Crippen LogP contribution >= 0.6 is 0 Å². The second-order valence-corrected chi connectivity index (χ2v) is 6.31. The number of rotatable bonds is 5. The van der Waals surface area contributed by atoms with Gasteiger partial charge in [0.15, 0.2) is 0 Å². The molecule has 7 heteroatoms. The normalized spacial score (nSPS) is 16.9. The first-order valence-corrected chi connectivity index (χ1v) is 8.32. The molecule has 0 spiro atoms. The van der Waals surface area contributed by atoms with Crippen LogP contribution in [0.25, 0.3) is 22.2 Å². The van der Waals surface area contributed by atoms with Crippen LogP contribution in [0.5, 0.6) is 5.75 Å². The number of ether oxygens (including phenoxy) is 2. The van der Waals surface area contributed by atoms with Crippen molar-refractivity contribution in [2.45, 2.75) is 6.42 Å². The number of benzene rings is 1. The Morgan fingerprint density at radius 2 is 2.31 bits per heavy atom. The van der Waals surface area contributed by atoms with Gasteiger partial charge in [0.25, 0.3) is 0 Å². The summed E-state index contributed by atoms with van der Waals surface area (Å²) in [6.45, 7) is 1.88. The number of carboxylic acid groups (broad SMARTS) is 1. The van der Waals surface area contributed by atoms with Gasteiger partial charge in [-0.2, -0.15) is 0 Å². The fourth-order valence-corrected chi connectivity index (χ4v) is 3.10. The zero-order valence-corrected chi connectivity index (χ0v) is 13.9. The predicted molar refractivity (Wildman–Crippen MR) is 92.9 cm³/mol. The van der Waals surface area contributed by atoms with E-state index in [0.717, 1.165) is 13.0 Å². The molecule has 2 aromatic heterocycles. The van der Waals surface area contributed by atoms with Crippen molar-refractivity contribution in [1.82, 2.24) is 9.97 Å². The third-order valence-electron chi connectivity index (χ3n) is 4.51. The van der Waals surface area contributed by atoms with Crippen LogP contribution < -0.4 is 4.74 Å². The molecule has 1 fully saturated rings. The number of hydrogen-bond donors (Lipinski definition) is 2. The van der Waals surface area contributed by atoms with E-state index in [1.165, 1.54) is 18.3 Å². The van der Waals surface area contributed by atoms with Crippen molar-refractivity contribution < 1.29 is 23.8 Å². The Balaban J connectivity index is 1.71. The zero-order chi connectivity index (χ0) is 18.1. The molecule has 6 nitrogen and oxygen atoms in total. The molecule has 4 rings (SSSR count). The van der Waals surface area contributed by atoms with Crippen LogP contribution in [0.15, 0.2) is 36.7 Å². The highest BCUT2D eigenvalue weighted by Gasteiger charge is 2.18. The average molecular weight is 356 g/mol. The molecule has 26 heavy (non-hydrogen) atoms. The molecule has 0 aliphatic carbocycles. The molecule has 3 heterocycles. The smallest absolute Gasteiger partial charge is 0.337 e. The number of carboxylic acids is 1. The second kappa shape index (κ2) is 6.76. The summed E-state index contributed by atoms with van der Waals surface area (Å²) >= 11 is 0. The van der Waals surface area contributed by atoms with E-state index >= 15 is 0 Å². The van der Waals surface area contributed by atoms with Crippen molar-refractivity contribution in [3.8, 4) is 16.9 Å². The quantitative estimate of drug-likeness (QED) is 0.731. The van der Waals surface area contributed by atoms with Gasteiger partial charge >= 0.3 is 5.97 Å². The zero-order valence-electron chi connectivity index (χ0n) is 13.9. The third-order valence-corrected chi connectivity index (χ3v) is 4.51. The highest BCUT2D eigenvalue weighted by Crippen LogP contribution is 2.33. The summed E-state index contributed by atoms with van der Waals surface area (Å²) in [5.41, 5.74) is 1.72. The Bertz CT molecular complexity index is 963. The van der Waals surface area contributed by atoms with Crippen LogP contribution in [0.4, 0.5) is 4.39 Å². The number of H-pyrrole nitrogens is 1. The summed E-state index contributed by atoms with van der Waals surface area (Å²) < 4.78 is 25.1. The van der Waals surface area contributed by atoms with Gasteiger partial charge in [-0.3, -0.25) is 0 Å². The van der Waals surface area contributed by atoms with Gasteiger partial charge in [-0.05, 0) is 30.7 Å². The van der Waals surface area contributed by atoms with Gasteiger partial charge in [-0.15, -0.1) is 0 Å². The Morgan fingerprint density at radius 3 is 3.08 bits per heavy atom. The SMILES string of the molecule is O=C(O)c1c[nH]c2ncc(-c3cc(F)ccc3OCC3CCOC3)cc12. The van der Waals surface area contributed by atoms with Crippen LogP contribution in [0.3, 0.4) is 0 Å². The molecule has 1 atom stereocenters. The molecule has 2 N–H and O–H groups in total. The van der Waals surface area contributed by atoms with Crippen LogP contribution in [0, 0.1) is 11.7 Å². The molecule has 1 saturated heterocycles. The fraction of sp³-hybridized carbons (Fsp3) is 0.263. The number of aromatic carboxylic acids is 1. The van der Waals surface area contributed by atoms with Crippen LogP contribution in [-0.2, 0) is 4.74 Å². The van der Waals surface area contributed by atoms with Crippen LogP contribution in [-0.4, -0.2) is 40.9 Å². The summed E-state index contributed by atoms with van der Waals surface area (Å²) in [6, 6.07) is 5.98. The Morgan fingerprint density at radius 1 is 1.42 bits per heavy atom. The highest BCUT2D eigenvalue weighted by atomic mass is 19.1. The standard InChI is InChI=1S/C19H17FN2O4/c20-13-1-2-17(26-10-11-3-4-25-9-11)14(6-13)12-5-15-16(19(23)24)8-22-18(15)21-7-12/h1-2,5-8,11H,3-4,9-10H2,(H,21,22)(H,23,24). The molecule has 134 valence electrons. The van der Waals surface area contributed by atoms with Crippen molar-refractivity contribution >= 4 is 17.0 Å². The summed E-state index contributed by atoms with van der Waals surface area (Å²) in [6.07, 6.45) is 3.91. The minimum Gasteiger partial charge on any atom is -0.493 e. The topological polar surface area (TPSA) is 84.4 Å². The lowest BCUT2D eigenvalue weighted by Gasteiger charge is -2.14. The predicted octanol–water partition coefficient (Wildman–Crippen LogP) is 3.48. The van der Waals surface area contributed by atoms with Crippen molar-refractivity contribution in [2.24, 2.45) is 5.92 Å². The lowest BCUT2D eigenvalue weighted by molar-refractivity contribution is 0.0699. The van der Waals surface area contributed by atoms with E-state index in [-0.39, 0.29) is 5.56 Å². The number of aromatic amines is 1. The highest BCUT2D eigenvalue weighted by molar-refractivity contribution is 6.03. The Labute approximate surface area is 148 Å². The number of carbonyl (C=O) groups is 1. The maximum atomic E-state index is 13.8. The van der Waals surface area contributed by atoms with E-state index in [2.05, 4.69) is 9.97 Å². The fourth-order valence-electron chi connectivity index (χ4n) is 3.10. The van der Waals surface area contributed by atoms with E-state index in [1.807, 2.05) is 0 Å². The third kappa shape index (κ3) is 3.13. The van der Waals surface area contributed by atoms with Gasteiger partial charge in [0.1, 0.15) is 17.2 Å². The van der Waals surface area contributed by atoms with E-state index in [9.17, 15) is 14.3 Å². The van der Waals surface area contributed by atoms with E-state index < -0.39 is 11.8 Å². The number of aromatic nitrogens is 2. The van der Waals surface area contributed by atoms with Crippen molar-refractivity contribution in [2.75, 3.05) is 19.8 Å². The molecule has 1 aromatic carbocycles. The first kappa shape index (κ1) is 16.5. The molecule has 0 saturated carbocycles. The lowest BCUT2D eigenvalue weighted by atomic mass is 10.0. The van der Waals surface area contributed by atoms with Gasteiger partial charge in [0.05, 0.1) is 18.8 Å². The summed E-state index contributed by atoms with van der Waals surface area (Å²) in [5, 5.41) is 9.76. The van der Waals surface area contributed by atoms with E-state index in [0.29, 0.717) is 47.0 Å². The average Bonchev–Trinajstić information content (AvgIpc) is 3.29. The minimum absolute atomic E-state index is 0.122. The Kier molecular flexibility index (Phi) is 4.30. The molecule has 1 aliphatic heterocycles. The van der Waals surface area contributed by atoms with Crippen molar-refractivity contribution in [1.29, 1.82) is 0 Å². The minimum atomic E-state index is -1.05. The molecule has 0 amide bonds. The first-order valence-electron chi connectivity index (χ1n) is 8.32. The Hall–Kier alpha value is -2.93. The molecule has 1 unspecified atom stereocenters. The lowest BCUT2D eigenvalue weighted by Crippen LogP contribution is -2.12. The van der Waals surface area contributed by atoms with Gasteiger partial charge < -0.3 is 19.6 Å². The second-order valence-electron chi connectivity index (χ2n) is 6.31. The van der Waals surface area contributed by atoms with Crippen LogP contribution in [0.1, 0.15) is 16.8 Å². The van der Waals surface area contributed by atoms with Gasteiger partial charge in [-0.25, -0.2) is 14.2 Å². The van der Waals surface area contributed by atoms with Crippen molar-refractivity contribution in [3.05, 3.63) is 48.0 Å². The van der Waals surface area contributed by atoms with Gasteiger partial charge in [-0.1, -0.05) is 0 Å². The number of halogens is 1. The number of fused-ring (bicyclic) bond motifs is 1.